The van der Waals surface area contributed by atoms with Gasteiger partial charge in [0.2, 0.25) is 5.91 Å². The van der Waals surface area contributed by atoms with Gasteiger partial charge in [-0.3, -0.25) is 14.5 Å². The summed E-state index contributed by atoms with van der Waals surface area (Å²) in [6.45, 7) is 3.56. The number of carbonyl (C=O) groups is 2. The molecule has 0 radical (unpaired) electrons. The van der Waals surface area contributed by atoms with Crippen LogP contribution in [0.25, 0.3) is 0 Å². The van der Waals surface area contributed by atoms with Gasteiger partial charge in [0, 0.05) is 17.6 Å². The molecule has 1 aromatic carbocycles. The summed E-state index contributed by atoms with van der Waals surface area (Å²) in [6.07, 6.45) is 1.73. The zero-order chi connectivity index (χ0) is 18.0. The second-order valence-electron chi connectivity index (χ2n) is 5.81. The number of nitrogens with zero attached hydrogens (tertiary/aromatic N) is 2. The van der Waals surface area contributed by atoms with Crippen LogP contribution in [0, 0.1) is 0 Å². The van der Waals surface area contributed by atoms with Gasteiger partial charge in [0.15, 0.2) is 11.2 Å². The average Bonchev–Trinajstić information content (AvgIpc) is 3.10. The van der Waals surface area contributed by atoms with Crippen LogP contribution in [0.2, 0.25) is 0 Å². The highest BCUT2D eigenvalue weighted by Gasteiger charge is 2.33. The van der Waals surface area contributed by atoms with Gasteiger partial charge >= 0.3 is 0 Å². The third-order valence-electron chi connectivity index (χ3n) is 4.04. The van der Waals surface area contributed by atoms with Crippen molar-refractivity contribution in [2.75, 3.05) is 16.8 Å². The van der Waals surface area contributed by atoms with Gasteiger partial charge in [-0.05, 0) is 31.0 Å². The number of amides is 2. The number of thiazole rings is 1. The fourth-order valence-corrected chi connectivity index (χ4v) is 3.19. The largest absolute Gasteiger partial charge is 0.479 e. The highest BCUT2D eigenvalue weighted by atomic mass is 32.1. The number of nitrogens with two attached hydrogens (primary N) is 1. The number of carbonyl (C=O) groups excluding carboxylic acids is 2. The third-order valence-corrected chi connectivity index (χ3v) is 4.73. The highest BCUT2D eigenvalue weighted by Crippen LogP contribution is 2.36. The zero-order valence-electron chi connectivity index (χ0n) is 14.1. The van der Waals surface area contributed by atoms with E-state index in [-0.39, 0.29) is 24.4 Å². The number of nitrogens with one attached hydrogen (secondary N) is 1. The summed E-state index contributed by atoms with van der Waals surface area (Å²) in [5.74, 6) is -0.00115. The van der Waals surface area contributed by atoms with Crippen LogP contribution in [0.4, 0.5) is 10.8 Å². The molecule has 1 aliphatic rings. The maximum Gasteiger partial charge on any atom is 0.268 e. The van der Waals surface area contributed by atoms with Gasteiger partial charge < -0.3 is 15.8 Å². The SMILES string of the molecule is CCC(N)c1ccc2c(c1)N(CC(=O)Nc1nccs1)C(=O)C(C)O2. The van der Waals surface area contributed by atoms with E-state index in [4.69, 9.17) is 10.5 Å². The standard InChI is InChI=1S/C17H20N4O3S/c1-3-12(18)11-4-5-14-13(8-11)21(16(23)10(2)24-14)9-15(22)20-17-19-6-7-25-17/h4-8,10,12H,3,9,18H2,1-2H3,(H,19,20,22). The third kappa shape index (κ3) is 3.64. The molecule has 1 aliphatic heterocycles. The van der Waals surface area contributed by atoms with Crippen molar-refractivity contribution in [2.45, 2.75) is 32.4 Å². The number of ether oxygens (including phenoxy) is 1. The minimum absolute atomic E-state index is 0.107. The predicted octanol–water partition coefficient (Wildman–Crippen LogP) is 2.31. The minimum atomic E-state index is -0.647. The molecular formula is C17H20N4O3S. The lowest BCUT2D eigenvalue weighted by Gasteiger charge is -2.33. The molecule has 3 rings (SSSR count). The maximum atomic E-state index is 12.6. The maximum absolute atomic E-state index is 12.6. The van der Waals surface area contributed by atoms with E-state index >= 15 is 0 Å². The molecule has 2 aromatic rings. The first-order valence-electron chi connectivity index (χ1n) is 8.06. The van der Waals surface area contributed by atoms with Gasteiger partial charge in [0.1, 0.15) is 12.3 Å². The van der Waals surface area contributed by atoms with E-state index in [0.717, 1.165) is 12.0 Å². The summed E-state index contributed by atoms with van der Waals surface area (Å²) >= 11 is 1.32. The topological polar surface area (TPSA) is 97.5 Å². The van der Waals surface area contributed by atoms with E-state index in [1.165, 1.54) is 16.2 Å². The van der Waals surface area contributed by atoms with Gasteiger partial charge in [0.25, 0.3) is 5.91 Å². The number of anilines is 2. The lowest BCUT2D eigenvalue weighted by Crippen LogP contribution is -2.47. The normalized spacial score (nSPS) is 17.6. The Kier molecular flexibility index (Phi) is 5.00. The van der Waals surface area contributed by atoms with Crippen molar-refractivity contribution < 1.29 is 14.3 Å². The summed E-state index contributed by atoms with van der Waals surface area (Å²) in [6, 6.07) is 5.38. The molecule has 0 fully saturated rings. The van der Waals surface area contributed by atoms with Crippen LogP contribution in [0.3, 0.4) is 0 Å². The van der Waals surface area contributed by atoms with Crippen LogP contribution in [-0.2, 0) is 9.59 Å². The molecule has 0 saturated heterocycles. The molecule has 2 amide bonds. The van der Waals surface area contributed by atoms with Gasteiger partial charge in [-0.25, -0.2) is 4.98 Å². The van der Waals surface area contributed by atoms with Crippen LogP contribution in [-0.4, -0.2) is 29.4 Å². The second kappa shape index (κ2) is 7.20. The van der Waals surface area contributed by atoms with Gasteiger partial charge in [-0.2, -0.15) is 0 Å². The smallest absolute Gasteiger partial charge is 0.268 e. The molecule has 2 unspecified atom stereocenters. The van der Waals surface area contributed by atoms with Crippen LogP contribution >= 0.6 is 11.3 Å². The molecular weight excluding hydrogens is 340 g/mol. The molecule has 132 valence electrons. The fourth-order valence-electron chi connectivity index (χ4n) is 2.64. The number of rotatable bonds is 5. The van der Waals surface area contributed by atoms with Gasteiger partial charge in [0.05, 0.1) is 5.69 Å². The van der Waals surface area contributed by atoms with Crippen LogP contribution in [0.5, 0.6) is 5.75 Å². The number of benzene rings is 1. The Hall–Kier alpha value is -2.45. The van der Waals surface area contributed by atoms with E-state index in [0.29, 0.717) is 16.6 Å². The Labute approximate surface area is 149 Å². The van der Waals surface area contributed by atoms with Crippen molar-refractivity contribution in [3.8, 4) is 5.75 Å². The van der Waals surface area contributed by atoms with E-state index in [1.807, 2.05) is 19.1 Å². The summed E-state index contributed by atoms with van der Waals surface area (Å²) in [7, 11) is 0. The lowest BCUT2D eigenvalue weighted by atomic mass is 10.0. The van der Waals surface area contributed by atoms with Gasteiger partial charge in [-0.1, -0.05) is 13.0 Å². The molecule has 1 aromatic heterocycles. The van der Waals surface area contributed by atoms with Crippen molar-refractivity contribution in [1.82, 2.24) is 4.98 Å². The Morgan fingerprint density at radius 1 is 1.52 bits per heavy atom. The molecule has 0 spiro atoms. The Morgan fingerprint density at radius 2 is 2.32 bits per heavy atom. The first-order valence-corrected chi connectivity index (χ1v) is 8.94. The molecule has 8 heteroatoms. The molecule has 3 N–H and O–H groups in total. The minimum Gasteiger partial charge on any atom is -0.479 e. The van der Waals surface area contributed by atoms with Crippen molar-refractivity contribution in [2.24, 2.45) is 5.73 Å². The predicted molar refractivity (Wildman–Crippen MR) is 96.8 cm³/mol. The zero-order valence-corrected chi connectivity index (χ0v) is 14.9. The van der Waals surface area contributed by atoms with E-state index in [2.05, 4.69) is 10.3 Å². The Morgan fingerprint density at radius 3 is 3.00 bits per heavy atom. The van der Waals surface area contributed by atoms with Crippen molar-refractivity contribution in [3.05, 3.63) is 35.3 Å². The summed E-state index contributed by atoms with van der Waals surface area (Å²) < 4.78 is 5.66. The van der Waals surface area contributed by atoms with Crippen LogP contribution < -0.4 is 20.7 Å². The first-order chi connectivity index (χ1) is 12.0. The Balaban J connectivity index is 1.87. The molecule has 0 saturated carbocycles. The molecule has 2 atom stereocenters. The van der Waals surface area contributed by atoms with Crippen molar-refractivity contribution >= 4 is 34.0 Å². The van der Waals surface area contributed by atoms with Gasteiger partial charge in [-0.15, -0.1) is 11.3 Å². The quantitative estimate of drug-likeness (QED) is 0.853. The Bertz CT molecular complexity index is 778. The number of hydrogen-bond donors (Lipinski definition) is 2. The molecule has 2 heterocycles. The summed E-state index contributed by atoms with van der Waals surface area (Å²) in [5.41, 5.74) is 7.56. The van der Waals surface area contributed by atoms with Crippen molar-refractivity contribution in [1.29, 1.82) is 0 Å². The first kappa shape index (κ1) is 17.4. The second-order valence-corrected chi connectivity index (χ2v) is 6.71. The molecule has 0 aliphatic carbocycles. The number of aromatic nitrogens is 1. The van der Waals surface area contributed by atoms with E-state index in [1.54, 1.807) is 24.6 Å². The monoisotopic (exact) mass is 360 g/mol. The number of hydrogen-bond acceptors (Lipinski definition) is 6. The molecule has 25 heavy (non-hydrogen) atoms. The van der Waals surface area contributed by atoms with Crippen molar-refractivity contribution in [3.63, 3.8) is 0 Å². The van der Waals surface area contributed by atoms with E-state index < -0.39 is 6.10 Å². The van der Waals surface area contributed by atoms with E-state index in [9.17, 15) is 9.59 Å². The fraction of sp³-hybridized carbons (Fsp3) is 0.353. The highest BCUT2D eigenvalue weighted by molar-refractivity contribution is 7.13. The summed E-state index contributed by atoms with van der Waals surface area (Å²) in [5, 5.41) is 4.96. The number of fused-ring (bicyclic) bond motifs is 1. The van der Waals surface area contributed by atoms with Crippen LogP contribution in [0.1, 0.15) is 31.9 Å². The average molecular weight is 360 g/mol. The molecule has 7 nitrogen and oxygen atoms in total. The van der Waals surface area contributed by atoms with Crippen LogP contribution in [0.15, 0.2) is 29.8 Å². The lowest BCUT2D eigenvalue weighted by molar-refractivity contribution is -0.127. The molecule has 0 bridgehead atoms. The summed E-state index contributed by atoms with van der Waals surface area (Å²) in [4.78, 5) is 30.3.